The van der Waals surface area contributed by atoms with E-state index in [4.69, 9.17) is 16.3 Å². The number of sulfonamides is 1. The van der Waals surface area contributed by atoms with Crippen molar-refractivity contribution < 1.29 is 13.2 Å². The number of fused-ring (bicyclic) bond motifs is 1. The Bertz CT molecular complexity index is 941. The molecule has 0 saturated carbocycles. The number of hydrogen-bond donors (Lipinski definition) is 0. The topological polar surface area (TPSA) is 64.4 Å². The van der Waals surface area contributed by atoms with Crippen LogP contribution in [0.1, 0.15) is 43.4 Å². The Hall–Kier alpha value is -1.57. The fraction of sp³-hybridized carbons (Fsp3) is 0.500. The van der Waals surface area contributed by atoms with E-state index < -0.39 is 10.0 Å². The predicted molar refractivity (Wildman–Crippen MR) is 98.9 cm³/mol. The summed E-state index contributed by atoms with van der Waals surface area (Å²) in [4.78, 5) is 0.245. The third kappa shape index (κ3) is 3.02. The Balaban J connectivity index is 1.73. The zero-order valence-corrected chi connectivity index (χ0v) is 16.4. The van der Waals surface area contributed by atoms with E-state index in [9.17, 15) is 8.42 Å². The highest BCUT2D eigenvalue weighted by Gasteiger charge is 2.36. The van der Waals surface area contributed by atoms with Crippen molar-refractivity contribution in [2.24, 2.45) is 7.05 Å². The number of benzene rings is 1. The standard InChI is InChI=1S/C18H22ClN3O3S/c1-12-7-13-8-15(9-16(19)18(13)25-12)26(23,24)22-6-4-3-5-17(22)14-10-20-21(2)11-14/h8-12,17H,3-7H2,1-2H3. The SMILES string of the molecule is CC1Cc2cc(S(=O)(=O)N3CCCCC3c3cnn(C)c3)cc(Cl)c2O1. The zero-order valence-electron chi connectivity index (χ0n) is 14.9. The Kier molecular flexibility index (Phi) is 4.49. The summed E-state index contributed by atoms with van der Waals surface area (Å²) in [7, 11) is -1.82. The van der Waals surface area contributed by atoms with E-state index in [-0.39, 0.29) is 17.0 Å². The van der Waals surface area contributed by atoms with Gasteiger partial charge in [-0.2, -0.15) is 9.40 Å². The van der Waals surface area contributed by atoms with Gasteiger partial charge < -0.3 is 4.74 Å². The lowest BCUT2D eigenvalue weighted by Gasteiger charge is -2.34. The molecule has 0 N–H and O–H groups in total. The summed E-state index contributed by atoms with van der Waals surface area (Å²) in [5.74, 6) is 0.612. The van der Waals surface area contributed by atoms with Gasteiger partial charge in [0.2, 0.25) is 10.0 Å². The van der Waals surface area contributed by atoms with Crippen LogP contribution in [0.3, 0.4) is 0 Å². The molecule has 4 rings (SSSR count). The molecule has 2 aliphatic rings. The van der Waals surface area contributed by atoms with Crippen molar-refractivity contribution in [1.82, 2.24) is 14.1 Å². The van der Waals surface area contributed by atoms with Crippen LogP contribution in [-0.2, 0) is 23.5 Å². The summed E-state index contributed by atoms with van der Waals surface area (Å²) in [6, 6.07) is 3.04. The summed E-state index contributed by atoms with van der Waals surface area (Å²) < 4.78 is 35.8. The highest BCUT2D eigenvalue weighted by atomic mass is 35.5. The minimum Gasteiger partial charge on any atom is -0.489 e. The van der Waals surface area contributed by atoms with Crippen LogP contribution in [0.4, 0.5) is 0 Å². The van der Waals surface area contributed by atoms with Crippen molar-refractivity contribution in [2.75, 3.05) is 6.54 Å². The quantitative estimate of drug-likeness (QED) is 0.799. The Labute approximate surface area is 158 Å². The molecule has 26 heavy (non-hydrogen) atoms. The van der Waals surface area contributed by atoms with Crippen molar-refractivity contribution in [1.29, 1.82) is 0 Å². The molecular formula is C18H22ClN3O3S. The molecule has 0 bridgehead atoms. The molecule has 1 aromatic heterocycles. The van der Waals surface area contributed by atoms with Gasteiger partial charge in [0.15, 0.2) is 0 Å². The molecule has 3 heterocycles. The molecule has 1 fully saturated rings. The number of aryl methyl sites for hydroxylation is 1. The third-order valence-electron chi connectivity index (χ3n) is 5.09. The lowest BCUT2D eigenvalue weighted by Crippen LogP contribution is -2.38. The molecular weight excluding hydrogens is 374 g/mol. The fourth-order valence-electron chi connectivity index (χ4n) is 3.88. The van der Waals surface area contributed by atoms with Crippen LogP contribution in [0.5, 0.6) is 5.75 Å². The fourth-order valence-corrected chi connectivity index (χ4v) is 5.99. The van der Waals surface area contributed by atoms with E-state index in [1.807, 2.05) is 20.2 Å². The Morgan fingerprint density at radius 3 is 2.85 bits per heavy atom. The van der Waals surface area contributed by atoms with Gasteiger partial charge in [-0.3, -0.25) is 4.68 Å². The van der Waals surface area contributed by atoms with Gasteiger partial charge >= 0.3 is 0 Å². The molecule has 2 unspecified atom stereocenters. The van der Waals surface area contributed by atoms with Gasteiger partial charge in [-0.15, -0.1) is 0 Å². The van der Waals surface area contributed by atoms with Crippen LogP contribution in [0.15, 0.2) is 29.4 Å². The summed E-state index contributed by atoms with van der Waals surface area (Å²) in [5, 5.41) is 4.57. The highest BCUT2D eigenvalue weighted by Crippen LogP contribution is 2.41. The van der Waals surface area contributed by atoms with Crippen molar-refractivity contribution in [3.8, 4) is 5.75 Å². The Morgan fingerprint density at radius 1 is 1.31 bits per heavy atom. The van der Waals surface area contributed by atoms with Gasteiger partial charge in [-0.1, -0.05) is 18.0 Å². The Morgan fingerprint density at radius 2 is 2.12 bits per heavy atom. The van der Waals surface area contributed by atoms with Crippen LogP contribution in [-0.4, -0.2) is 35.2 Å². The van der Waals surface area contributed by atoms with Gasteiger partial charge in [0, 0.05) is 37.3 Å². The number of aromatic nitrogens is 2. The van der Waals surface area contributed by atoms with E-state index in [1.54, 1.807) is 21.3 Å². The second kappa shape index (κ2) is 6.55. The first kappa shape index (κ1) is 17.8. The monoisotopic (exact) mass is 395 g/mol. The molecule has 8 heteroatoms. The summed E-state index contributed by atoms with van der Waals surface area (Å²) in [6.07, 6.45) is 6.98. The van der Waals surface area contributed by atoms with Crippen molar-refractivity contribution in [3.05, 3.63) is 40.7 Å². The van der Waals surface area contributed by atoms with Crippen molar-refractivity contribution in [3.63, 3.8) is 0 Å². The van der Waals surface area contributed by atoms with Gasteiger partial charge in [0.1, 0.15) is 11.9 Å². The normalized spacial score (nSPS) is 23.7. The second-order valence-corrected chi connectivity index (χ2v) is 9.40. The zero-order chi connectivity index (χ0) is 18.5. The lowest BCUT2D eigenvalue weighted by molar-refractivity contribution is 0.254. The number of halogens is 1. The van der Waals surface area contributed by atoms with Gasteiger partial charge in [-0.25, -0.2) is 8.42 Å². The molecule has 0 aliphatic carbocycles. The number of hydrogen-bond acceptors (Lipinski definition) is 4. The minimum atomic E-state index is -3.66. The molecule has 0 radical (unpaired) electrons. The molecule has 2 atom stereocenters. The lowest BCUT2D eigenvalue weighted by atomic mass is 10.0. The molecule has 2 aromatic rings. The van der Waals surface area contributed by atoms with E-state index >= 15 is 0 Å². The van der Waals surface area contributed by atoms with E-state index in [0.717, 1.165) is 30.4 Å². The van der Waals surface area contributed by atoms with Gasteiger partial charge in [-0.05, 0) is 31.9 Å². The van der Waals surface area contributed by atoms with Gasteiger partial charge in [0.05, 0.1) is 22.2 Å². The molecule has 1 saturated heterocycles. The van der Waals surface area contributed by atoms with E-state index in [2.05, 4.69) is 5.10 Å². The third-order valence-corrected chi connectivity index (χ3v) is 7.26. The smallest absolute Gasteiger partial charge is 0.243 e. The first-order valence-electron chi connectivity index (χ1n) is 8.86. The van der Waals surface area contributed by atoms with Crippen LogP contribution in [0, 0.1) is 0 Å². The van der Waals surface area contributed by atoms with Crippen molar-refractivity contribution in [2.45, 2.75) is 49.6 Å². The van der Waals surface area contributed by atoms with E-state index in [0.29, 0.717) is 23.7 Å². The average molecular weight is 396 g/mol. The summed E-state index contributed by atoms with van der Waals surface area (Å²) >= 11 is 6.32. The molecule has 2 aliphatic heterocycles. The van der Waals surface area contributed by atoms with Crippen molar-refractivity contribution >= 4 is 21.6 Å². The van der Waals surface area contributed by atoms with Crippen LogP contribution >= 0.6 is 11.6 Å². The number of nitrogens with zero attached hydrogens (tertiary/aromatic N) is 3. The van der Waals surface area contributed by atoms with Crippen LogP contribution in [0.25, 0.3) is 0 Å². The first-order valence-corrected chi connectivity index (χ1v) is 10.7. The maximum absolute atomic E-state index is 13.4. The van der Waals surface area contributed by atoms with Gasteiger partial charge in [0.25, 0.3) is 0 Å². The molecule has 0 amide bonds. The highest BCUT2D eigenvalue weighted by molar-refractivity contribution is 7.89. The number of piperidine rings is 1. The average Bonchev–Trinajstić information content (AvgIpc) is 3.20. The molecule has 0 spiro atoms. The summed E-state index contributed by atoms with van der Waals surface area (Å²) in [5.41, 5.74) is 1.79. The van der Waals surface area contributed by atoms with Crippen LogP contribution < -0.4 is 4.74 Å². The van der Waals surface area contributed by atoms with Crippen LogP contribution in [0.2, 0.25) is 5.02 Å². The second-order valence-electron chi connectivity index (χ2n) is 7.10. The predicted octanol–water partition coefficient (Wildman–Crippen LogP) is 3.31. The van der Waals surface area contributed by atoms with E-state index in [1.165, 1.54) is 6.07 Å². The molecule has 1 aromatic carbocycles. The maximum atomic E-state index is 13.4. The first-order chi connectivity index (χ1) is 12.4. The number of rotatable bonds is 3. The minimum absolute atomic E-state index is 0.0126. The molecule has 6 nitrogen and oxygen atoms in total. The molecule has 140 valence electrons. The maximum Gasteiger partial charge on any atom is 0.243 e. The largest absolute Gasteiger partial charge is 0.489 e. The number of ether oxygens (including phenoxy) is 1. The summed E-state index contributed by atoms with van der Waals surface area (Å²) in [6.45, 7) is 2.46.